The Morgan fingerprint density at radius 3 is 1.00 bits per heavy atom. The summed E-state index contributed by atoms with van der Waals surface area (Å²) in [7, 11) is -3.11. The summed E-state index contributed by atoms with van der Waals surface area (Å²) in [5.41, 5.74) is 4.50. The van der Waals surface area contributed by atoms with E-state index in [4.69, 9.17) is 19.2 Å². The number of nitrogens with two attached hydrogens (primary N) is 1. The highest BCUT2D eigenvalue weighted by Crippen LogP contribution is 1.67. The molecule has 0 heterocycles. The highest BCUT2D eigenvalue weighted by Gasteiger charge is 2.22. The molecule has 0 unspecified atom stereocenters. The van der Waals surface area contributed by atoms with Crippen molar-refractivity contribution in [1.29, 1.82) is 0 Å². The summed E-state index contributed by atoms with van der Waals surface area (Å²) in [6, 6.07) is 0. The Morgan fingerprint density at radius 1 is 1.00 bits per heavy atom. The van der Waals surface area contributed by atoms with Crippen molar-refractivity contribution in [3.05, 3.63) is 0 Å². The zero-order valence-corrected chi connectivity index (χ0v) is 4.87. The van der Waals surface area contributed by atoms with Gasteiger partial charge in [0.25, 0.3) is 0 Å². The second kappa shape index (κ2) is 4.18. The molecule has 0 aliphatic rings. The van der Waals surface area contributed by atoms with Crippen LogP contribution in [0.1, 0.15) is 0 Å². The van der Waals surface area contributed by atoms with Gasteiger partial charge < -0.3 is 24.9 Å². The number of hydrogen-bond donors (Lipinski definition) is 5. The fraction of sp³-hybridized carbons (Fsp3) is 1.00. The van der Waals surface area contributed by atoms with E-state index in [2.05, 4.69) is 5.73 Å². The van der Waals surface area contributed by atoms with E-state index in [0.29, 0.717) is 0 Å². The monoisotopic (exact) mass is 127 g/mol. The maximum Gasteiger partial charge on any atom is 0.668 e. The molecule has 7 heavy (non-hydrogen) atoms. The predicted octanol–water partition coefficient (Wildman–Crippen LogP) is -3.03. The van der Waals surface area contributed by atoms with E-state index in [0.717, 1.165) is 0 Å². The van der Waals surface area contributed by atoms with E-state index in [9.17, 15) is 0 Å². The van der Waals surface area contributed by atoms with E-state index in [1.54, 1.807) is 0 Å². The van der Waals surface area contributed by atoms with Gasteiger partial charge in [-0.15, -0.1) is 0 Å². The summed E-state index contributed by atoms with van der Waals surface area (Å²) in [4.78, 5) is 29.3. The molecule has 0 atom stereocenters. The summed E-state index contributed by atoms with van der Waals surface area (Å²) in [6.45, 7) is 0. The van der Waals surface area contributed by atoms with E-state index >= 15 is 0 Å². The molecule has 0 radical (unpaired) electrons. The molecule has 5 nitrogen and oxygen atoms in total. The molecule has 0 rings (SSSR count). The molecular formula is CH9NO4Si. The summed E-state index contributed by atoms with van der Waals surface area (Å²) in [5, 5.41) is 0. The van der Waals surface area contributed by atoms with Crippen molar-refractivity contribution >= 4 is 9.05 Å². The minimum absolute atomic E-state index is 1.50. The number of hydrogen-bond acceptors (Lipinski definition) is 5. The van der Waals surface area contributed by atoms with Crippen LogP contribution in [0.2, 0.25) is 0 Å². The van der Waals surface area contributed by atoms with Crippen LogP contribution < -0.4 is 5.73 Å². The molecule has 0 aromatic rings. The lowest BCUT2D eigenvalue weighted by Gasteiger charge is -1.91. The third-order valence-corrected chi connectivity index (χ3v) is 0. The van der Waals surface area contributed by atoms with Gasteiger partial charge in [0.2, 0.25) is 0 Å². The first-order chi connectivity index (χ1) is 3.00. The minimum Gasteiger partial charge on any atom is -0.368 e. The molecule has 0 bridgehead atoms. The topological polar surface area (TPSA) is 107 Å². The molecule has 46 valence electrons. The SMILES string of the molecule is CN.O[Si](O)(O)O. The first kappa shape index (κ1) is 10.1. The van der Waals surface area contributed by atoms with Crippen LogP contribution in [0.25, 0.3) is 0 Å². The Bertz CT molecular complexity index is 27.2. The molecule has 6 N–H and O–H groups in total. The van der Waals surface area contributed by atoms with Crippen LogP contribution in [0.4, 0.5) is 0 Å². The van der Waals surface area contributed by atoms with Crippen LogP contribution in [0.5, 0.6) is 0 Å². The standard InChI is InChI=1S/CH5N.H4O4Si/c1-2;1-5(2,3)4/h2H2,1H3;1-4H. The molecule has 0 spiro atoms. The molecule has 6 heteroatoms. The van der Waals surface area contributed by atoms with Gasteiger partial charge >= 0.3 is 9.05 Å². The first-order valence-corrected chi connectivity index (χ1v) is 3.26. The van der Waals surface area contributed by atoms with Gasteiger partial charge in [-0.1, -0.05) is 0 Å². The third kappa shape index (κ3) is 341000. The molecule has 0 aliphatic heterocycles. The van der Waals surface area contributed by atoms with E-state index in [-0.39, 0.29) is 0 Å². The van der Waals surface area contributed by atoms with Gasteiger partial charge in [-0.05, 0) is 7.05 Å². The Balaban J connectivity index is 0. The van der Waals surface area contributed by atoms with Gasteiger partial charge in [0.1, 0.15) is 0 Å². The van der Waals surface area contributed by atoms with Gasteiger partial charge in [0.15, 0.2) is 0 Å². The van der Waals surface area contributed by atoms with Crippen LogP contribution in [0.15, 0.2) is 0 Å². The molecule has 0 aromatic carbocycles. The van der Waals surface area contributed by atoms with Gasteiger partial charge in [-0.2, -0.15) is 0 Å². The maximum atomic E-state index is 7.33. The van der Waals surface area contributed by atoms with Gasteiger partial charge in [-0.3, -0.25) is 0 Å². The fourth-order valence-electron chi connectivity index (χ4n) is 0. The lowest BCUT2D eigenvalue weighted by molar-refractivity contribution is 0.117. The minimum atomic E-state index is -4.61. The normalized spacial score (nSPS) is 9.43. The van der Waals surface area contributed by atoms with Crippen LogP contribution in [0, 0.1) is 0 Å². The van der Waals surface area contributed by atoms with Crippen molar-refractivity contribution < 1.29 is 19.2 Å². The van der Waals surface area contributed by atoms with Crippen LogP contribution in [0.3, 0.4) is 0 Å². The Morgan fingerprint density at radius 2 is 1.00 bits per heavy atom. The van der Waals surface area contributed by atoms with Crippen LogP contribution in [-0.2, 0) is 0 Å². The lowest BCUT2D eigenvalue weighted by atomic mass is 11.6. The Hall–Kier alpha value is 0.0169. The second-order valence-corrected chi connectivity index (χ2v) is 1.80. The molecule has 0 saturated heterocycles. The maximum absolute atomic E-state index is 7.33. The third-order valence-electron chi connectivity index (χ3n) is 0. The Labute approximate surface area is 42.1 Å². The summed E-state index contributed by atoms with van der Waals surface area (Å²) in [5.74, 6) is 0. The van der Waals surface area contributed by atoms with Crippen LogP contribution in [-0.4, -0.2) is 35.3 Å². The van der Waals surface area contributed by atoms with Crippen molar-refractivity contribution in [2.24, 2.45) is 5.73 Å². The Kier molecular flexibility index (Phi) is 6.03. The summed E-state index contributed by atoms with van der Waals surface area (Å²) >= 11 is 0. The van der Waals surface area contributed by atoms with Gasteiger partial charge in [0, 0.05) is 0 Å². The van der Waals surface area contributed by atoms with Crippen molar-refractivity contribution in [2.45, 2.75) is 0 Å². The lowest BCUT2D eigenvalue weighted by Crippen LogP contribution is -2.33. The molecule has 0 aliphatic carbocycles. The van der Waals surface area contributed by atoms with Crippen LogP contribution >= 0.6 is 0 Å². The van der Waals surface area contributed by atoms with Gasteiger partial charge in [-0.25, -0.2) is 0 Å². The average Bonchev–Trinajstić information content (AvgIpc) is 1.36. The zero-order valence-electron chi connectivity index (χ0n) is 3.87. The molecule has 0 fully saturated rings. The van der Waals surface area contributed by atoms with Gasteiger partial charge in [0.05, 0.1) is 0 Å². The van der Waals surface area contributed by atoms with E-state index in [1.165, 1.54) is 7.05 Å². The highest BCUT2D eigenvalue weighted by molar-refractivity contribution is 6.46. The zero-order chi connectivity index (χ0) is 6.50. The largest absolute Gasteiger partial charge is 0.668 e. The summed E-state index contributed by atoms with van der Waals surface area (Å²) < 4.78 is 0. The average molecular weight is 127 g/mol. The smallest absolute Gasteiger partial charge is 0.368 e. The van der Waals surface area contributed by atoms with Crippen molar-refractivity contribution in [3.8, 4) is 0 Å². The quantitative estimate of drug-likeness (QED) is 0.222. The summed E-state index contributed by atoms with van der Waals surface area (Å²) in [6.07, 6.45) is 0. The molecular weight excluding hydrogens is 118 g/mol. The van der Waals surface area contributed by atoms with Crippen molar-refractivity contribution in [3.63, 3.8) is 0 Å². The van der Waals surface area contributed by atoms with Crippen molar-refractivity contribution in [1.82, 2.24) is 0 Å². The molecule has 0 aromatic heterocycles. The molecule has 0 saturated carbocycles. The van der Waals surface area contributed by atoms with Crippen molar-refractivity contribution in [2.75, 3.05) is 7.05 Å². The van der Waals surface area contributed by atoms with E-state index in [1.807, 2.05) is 0 Å². The first-order valence-electron chi connectivity index (χ1n) is 1.47. The highest BCUT2D eigenvalue weighted by atomic mass is 28.4. The predicted molar refractivity (Wildman–Crippen MR) is 24.7 cm³/mol. The second-order valence-electron chi connectivity index (χ2n) is 0.600. The fourth-order valence-corrected chi connectivity index (χ4v) is 0. The van der Waals surface area contributed by atoms with E-state index < -0.39 is 9.05 Å². The number of rotatable bonds is 0. The molecule has 0 amide bonds.